The minimum atomic E-state index is -0.0748. The van der Waals surface area contributed by atoms with Crippen LogP contribution in [0.1, 0.15) is 84.5 Å². The number of hydrogen-bond acceptors (Lipinski definition) is 2. The first kappa shape index (κ1) is 18.2. The molecule has 112 valence electrons. The smallest absolute Gasteiger partial charge is 0.305 e. The number of ether oxygens (including phenoxy) is 1. The first-order chi connectivity index (χ1) is 9.20. The van der Waals surface area contributed by atoms with Crippen molar-refractivity contribution >= 4 is 5.97 Å². The minimum absolute atomic E-state index is 0.0748. The van der Waals surface area contributed by atoms with Gasteiger partial charge < -0.3 is 4.74 Å². The summed E-state index contributed by atoms with van der Waals surface area (Å²) in [6, 6.07) is 0. The van der Waals surface area contributed by atoms with Crippen molar-refractivity contribution in [1.29, 1.82) is 0 Å². The summed E-state index contributed by atoms with van der Waals surface area (Å²) in [7, 11) is 1.46. The second-order valence-electron chi connectivity index (χ2n) is 5.39. The van der Waals surface area contributed by atoms with E-state index in [1.807, 2.05) is 0 Å². The van der Waals surface area contributed by atoms with Crippen LogP contribution in [0.3, 0.4) is 0 Å². The van der Waals surface area contributed by atoms with Crippen LogP contribution in [0, 0.1) is 0 Å². The van der Waals surface area contributed by atoms with Crippen molar-refractivity contribution in [2.45, 2.75) is 84.5 Å². The van der Waals surface area contributed by atoms with Gasteiger partial charge in [-0.3, -0.25) is 4.79 Å². The van der Waals surface area contributed by atoms with E-state index in [1.165, 1.54) is 58.5 Å². The summed E-state index contributed by atoms with van der Waals surface area (Å²) >= 11 is 0. The molecule has 0 amide bonds. The number of carbonyl (C=O) groups is 1. The van der Waals surface area contributed by atoms with Crippen LogP contribution >= 0.6 is 0 Å². The molecule has 0 aliphatic carbocycles. The monoisotopic (exact) mass is 268 g/mol. The summed E-state index contributed by atoms with van der Waals surface area (Å²) in [6.07, 6.45) is 15.4. The SMILES string of the molecule is CCCC(C)=CCCCCCCCCCC(=O)OC. The third kappa shape index (κ3) is 13.4. The zero-order chi connectivity index (χ0) is 14.3. The van der Waals surface area contributed by atoms with Crippen molar-refractivity contribution in [3.05, 3.63) is 11.6 Å². The molecular weight excluding hydrogens is 236 g/mol. The van der Waals surface area contributed by atoms with Crippen LogP contribution in [0.15, 0.2) is 11.6 Å². The number of hydrogen-bond donors (Lipinski definition) is 0. The summed E-state index contributed by atoms with van der Waals surface area (Å²) in [5, 5.41) is 0. The molecular formula is C17H32O2. The summed E-state index contributed by atoms with van der Waals surface area (Å²) in [5.74, 6) is -0.0748. The van der Waals surface area contributed by atoms with Gasteiger partial charge in [-0.05, 0) is 32.6 Å². The molecule has 0 bridgehead atoms. The highest BCUT2D eigenvalue weighted by Gasteiger charge is 1.98. The summed E-state index contributed by atoms with van der Waals surface area (Å²) in [5.41, 5.74) is 1.55. The molecule has 2 nitrogen and oxygen atoms in total. The van der Waals surface area contributed by atoms with Crippen molar-refractivity contribution in [1.82, 2.24) is 0 Å². The second kappa shape index (κ2) is 13.6. The Labute approximate surface area is 119 Å². The van der Waals surface area contributed by atoms with Gasteiger partial charge in [0.1, 0.15) is 0 Å². The average molecular weight is 268 g/mol. The first-order valence-corrected chi connectivity index (χ1v) is 7.93. The van der Waals surface area contributed by atoms with Gasteiger partial charge >= 0.3 is 5.97 Å². The van der Waals surface area contributed by atoms with Crippen molar-refractivity contribution in [2.24, 2.45) is 0 Å². The van der Waals surface area contributed by atoms with E-state index in [1.54, 1.807) is 5.57 Å². The fraction of sp³-hybridized carbons (Fsp3) is 0.824. The summed E-state index contributed by atoms with van der Waals surface area (Å²) in [6.45, 7) is 4.47. The summed E-state index contributed by atoms with van der Waals surface area (Å²) < 4.78 is 4.61. The fourth-order valence-corrected chi connectivity index (χ4v) is 2.24. The number of esters is 1. The van der Waals surface area contributed by atoms with Crippen LogP contribution in [0.4, 0.5) is 0 Å². The van der Waals surface area contributed by atoms with E-state index < -0.39 is 0 Å². The standard InChI is InChI=1S/C17H32O2/c1-4-13-16(2)14-11-9-7-5-6-8-10-12-15-17(18)19-3/h14H,4-13,15H2,1-3H3. The Morgan fingerprint density at radius 1 is 0.947 bits per heavy atom. The number of rotatable bonds is 12. The van der Waals surface area contributed by atoms with Crippen molar-refractivity contribution in [2.75, 3.05) is 7.11 Å². The minimum Gasteiger partial charge on any atom is -0.469 e. The molecule has 0 aromatic carbocycles. The van der Waals surface area contributed by atoms with Gasteiger partial charge in [-0.15, -0.1) is 0 Å². The van der Waals surface area contributed by atoms with Gasteiger partial charge in [0.15, 0.2) is 0 Å². The van der Waals surface area contributed by atoms with Crippen LogP contribution in [-0.2, 0) is 9.53 Å². The largest absolute Gasteiger partial charge is 0.469 e. The van der Waals surface area contributed by atoms with Crippen molar-refractivity contribution in [3.63, 3.8) is 0 Å². The van der Waals surface area contributed by atoms with E-state index >= 15 is 0 Å². The third-order valence-corrected chi connectivity index (χ3v) is 3.45. The normalized spacial score (nSPS) is 11.6. The molecule has 0 unspecified atom stereocenters. The number of methoxy groups -OCH3 is 1. The second-order valence-corrected chi connectivity index (χ2v) is 5.39. The molecule has 0 aliphatic heterocycles. The molecule has 0 heterocycles. The predicted octanol–water partition coefficient (Wildman–Crippen LogP) is 5.42. The van der Waals surface area contributed by atoms with Gasteiger partial charge in [0.2, 0.25) is 0 Å². The lowest BCUT2D eigenvalue weighted by Crippen LogP contribution is -1.99. The topological polar surface area (TPSA) is 26.3 Å². The Kier molecular flexibility index (Phi) is 13.1. The van der Waals surface area contributed by atoms with Gasteiger partial charge in [0.25, 0.3) is 0 Å². The molecule has 0 rings (SSSR count). The molecule has 0 saturated heterocycles. The highest BCUT2D eigenvalue weighted by Crippen LogP contribution is 2.12. The number of unbranched alkanes of at least 4 members (excludes halogenated alkanes) is 7. The molecule has 0 spiro atoms. The molecule has 0 aromatic rings. The van der Waals surface area contributed by atoms with Gasteiger partial charge in [-0.1, -0.05) is 57.1 Å². The maximum atomic E-state index is 10.9. The van der Waals surface area contributed by atoms with E-state index in [9.17, 15) is 4.79 Å². The molecule has 0 saturated carbocycles. The van der Waals surface area contributed by atoms with Gasteiger partial charge in [-0.25, -0.2) is 0 Å². The lowest BCUT2D eigenvalue weighted by Gasteiger charge is -2.02. The van der Waals surface area contributed by atoms with Crippen LogP contribution < -0.4 is 0 Å². The van der Waals surface area contributed by atoms with E-state index in [0.717, 1.165) is 12.8 Å². The van der Waals surface area contributed by atoms with Gasteiger partial charge in [0, 0.05) is 6.42 Å². The average Bonchev–Trinajstić information content (AvgIpc) is 2.40. The predicted molar refractivity (Wildman–Crippen MR) is 82.2 cm³/mol. The van der Waals surface area contributed by atoms with Crippen LogP contribution in [0.2, 0.25) is 0 Å². The van der Waals surface area contributed by atoms with Crippen LogP contribution in [0.25, 0.3) is 0 Å². The highest BCUT2D eigenvalue weighted by molar-refractivity contribution is 5.68. The molecule has 0 atom stereocenters. The van der Waals surface area contributed by atoms with E-state index in [-0.39, 0.29) is 5.97 Å². The lowest BCUT2D eigenvalue weighted by molar-refractivity contribution is -0.140. The van der Waals surface area contributed by atoms with Crippen LogP contribution in [0.5, 0.6) is 0 Å². The number of carbonyl (C=O) groups excluding carboxylic acids is 1. The van der Waals surface area contributed by atoms with Crippen molar-refractivity contribution in [3.8, 4) is 0 Å². The van der Waals surface area contributed by atoms with E-state index in [2.05, 4.69) is 24.7 Å². The lowest BCUT2D eigenvalue weighted by atomic mass is 10.1. The molecule has 0 fully saturated rings. The quantitative estimate of drug-likeness (QED) is 0.268. The first-order valence-electron chi connectivity index (χ1n) is 7.93. The maximum Gasteiger partial charge on any atom is 0.305 e. The Morgan fingerprint density at radius 3 is 2.11 bits per heavy atom. The Bertz CT molecular complexity index is 244. The zero-order valence-corrected chi connectivity index (χ0v) is 13.2. The summed E-state index contributed by atoms with van der Waals surface area (Å²) in [4.78, 5) is 10.9. The Morgan fingerprint density at radius 2 is 1.53 bits per heavy atom. The molecule has 0 aromatic heterocycles. The molecule has 2 heteroatoms. The molecule has 0 aliphatic rings. The highest BCUT2D eigenvalue weighted by atomic mass is 16.5. The Balaban J connectivity index is 3.19. The van der Waals surface area contributed by atoms with E-state index in [0.29, 0.717) is 6.42 Å². The van der Waals surface area contributed by atoms with E-state index in [4.69, 9.17) is 0 Å². The van der Waals surface area contributed by atoms with Gasteiger partial charge in [-0.2, -0.15) is 0 Å². The molecule has 19 heavy (non-hydrogen) atoms. The van der Waals surface area contributed by atoms with Crippen molar-refractivity contribution < 1.29 is 9.53 Å². The van der Waals surface area contributed by atoms with Gasteiger partial charge in [0.05, 0.1) is 7.11 Å². The Hall–Kier alpha value is -0.790. The molecule has 0 N–H and O–H groups in total. The maximum absolute atomic E-state index is 10.9. The van der Waals surface area contributed by atoms with Crippen LogP contribution in [-0.4, -0.2) is 13.1 Å². The fourth-order valence-electron chi connectivity index (χ4n) is 2.24. The third-order valence-electron chi connectivity index (χ3n) is 3.45. The molecule has 0 radical (unpaired) electrons. The zero-order valence-electron chi connectivity index (χ0n) is 13.2. The number of allylic oxidation sites excluding steroid dienone is 2.